The van der Waals surface area contributed by atoms with E-state index in [1.807, 2.05) is 11.3 Å². The van der Waals surface area contributed by atoms with Crippen LogP contribution in [0.4, 0.5) is 17.1 Å². The first-order valence-electron chi connectivity index (χ1n) is 17.0. The van der Waals surface area contributed by atoms with Crippen molar-refractivity contribution >= 4 is 70.1 Å². The third kappa shape index (κ3) is 4.17. The molecule has 0 amide bonds. The molecule has 49 heavy (non-hydrogen) atoms. The molecule has 0 saturated carbocycles. The van der Waals surface area contributed by atoms with Crippen molar-refractivity contribution < 1.29 is 0 Å². The number of rotatable bonds is 4. The summed E-state index contributed by atoms with van der Waals surface area (Å²) in [5, 5.41) is 7.83. The molecule has 9 aromatic rings. The molecule has 0 atom stereocenters. The van der Waals surface area contributed by atoms with Crippen LogP contribution in [-0.4, -0.2) is 0 Å². The van der Waals surface area contributed by atoms with Gasteiger partial charge < -0.3 is 4.90 Å². The molecule has 1 heterocycles. The summed E-state index contributed by atoms with van der Waals surface area (Å²) in [6.07, 6.45) is 0. The zero-order chi connectivity index (χ0) is 32.7. The highest BCUT2D eigenvalue weighted by atomic mass is 32.1. The second-order valence-electron chi connectivity index (χ2n) is 13.7. The van der Waals surface area contributed by atoms with Crippen LogP contribution >= 0.6 is 11.3 Å². The van der Waals surface area contributed by atoms with Crippen molar-refractivity contribution in [2.45, 2.75) is 19.3 Å². The highest BCUT2D eigenvalue weighted by Crippen LogP contribution is 2.55. The average molecular weight is 644 g/mol. The van der Waals surface area contributed by atoms with Gasteiger partial charge in [0.1, 0.15) is 0 Å². The van der Waals surface area contributed by atoms with Crippen molar-refractivity contribution in [2.75, 3.05) is 4.90 Å². The summed E-state index contributed by atoms with van der Waals surface area (Å²) in [6.45, 7) is 4.73. The number of nitrogens with zero attached hydrogens (tertiary/aromatic N) is 1. The molecule has 0 spiro atoms. The highest BCUT2D eigenvalue weighted by molar-refractivity contribution is 7.27. The lowest BCUT2D eigenvalue weighted by molar-refractivity contribution is 0.660. The monoisotopic (exact) mass is 643 g/mol. The molecular formula is C47H33NS. The minimum absolute atomic E-state index is 0.0889. The SMILES string of the molecule is CC1(C)c2ccccc2-c2c(N(c3ccc(-c4ccccc4)cc3)c3cccc4c3sc3c4ccc4ccc5ccccc5c43)cccc21. The minimum atomic E-state index is -0.0889. The molecule has 2 heteroatoms. The summed E-state index contributed by atoms with van der Waals surface area (Å²) >= 11 is 1.93. The molecule has 1 nitrogen and oxygen atoms in total. The molecule has 0 saturated heterocycles. The molecule has 0 radical (unpaired) electrons. The summed E-state index contributed by atoms with van der Waals surface area (Å²) < 4.78 is 2.65. The standard InChI is InChI=1S/C47H33NS/c1-47(2)39-18-9-8-16-38(39)44-40(47)19-11-20-41(44)48(34-27-24-31(25-28-34)30-12-4-3-5-13-30)42-21-10-17-36-37-29-26-33-23-22-32-14-6-7-15-35(32)43(33)46(37)49-45(36)42/h3-29H,1-2H3. The zero-order valence-corrected chi connectivity index (χ0v) is 28.3. The first-order valence-corrected chi connectivity index (χ1v) is 17.8. The van der Waals surface area contributed by atoms with E-state index in [-0.39, 0.29) is 5.41 Å². The van der Waals surface area contributed by atoms with Crippen LogP contribution in [0.25, 0.3) is 64.0 Å². The maximum Gasteiger partial charge on any atom is 0.0640 e. The van der Waals surface area contributed by atoms with Gasteiger partial charge in [0.05, 0.1) is 16.1 Å². The quantitative estimate of drug-likeness (QED) is 0.173. The first kappa shape index (κ1) is 28.3. The Labute approximate surface area is 290 Å². The topological polar surface area (TPSA) is 3.24 Å². The van der Waals surface area contributed by atoms with Crippen molar-refractivity contribution in [1.82, 2.24) is 0 Å². The van der Waals surface area contributed by atoms with E-state index in [1.165, 1.54) is 86.5 Å². The lowest BCUT2D eigenvalue weighted by atomic mass is 9.82. The van der Waals surface area contributed by atoms with Crippen molar-refractivity contribution in [3.8, 4) is 22.3 Å². The molecule has 0 fully saturated rings. The van der Waals surface area contributed by atoms with Crippen LogP contribution in [0.1, 0.15) is 25.0 Å². The van der Waals surface area contributed by atoms with Crippen LogP contribution in [0.15, 0.2) is 164 Å². The Morgan fingerprint density at radius 3 is 1.96 bits per heavy atom. The van der Waals surface area contributed by atoms with Gasteiger partial charge >= 0.3 is 0 Å². The van der Waals surface area contributed by atoms with E-state index in [1.54, 1.807) is 0 Å². The van der Waals surface area contributed by atoms with Crippen molar-refractivity contribution in [3.63, 3.8) is 0 Å². The second kappa shape index (κ2) is 10.7. The number of anilines is 3. The van der Waals surface area contributed by atoms with Crippen molar-refractivity contribution in [1.29, 1.82) is 0 Å². The van der Waals surface area contributed by atoms with Crippen LogP contribution in [0.2, 0.25) is 0 Å². The van der Waals surface area contributed by atoms with E-state index >= 15 is 0 Å². The van der Waals surface area contributed by atoms with Gasteiger partial charge in [0.15, 0.2) is 0 Å². The first-order chi connectivity index (χ1) is 24.1. The van der Waals surface area contributed by atoms with Gasteiger partial charge in [0.25, 0.3) is 0 Å². The van der Waals surface area contributed by atoms with Gasteiger partial charge in [-0.1, -0.05) is 153 Å². The van der Waals surface area contributed by atoms with Gasteiger partial charge in [-0.05, 0) is 68.2 Å². The normalized spacial score (nSPS) is 13.3. The third-order valence-electron chi connectivity index (χ3n) is 10.7. The number of benzene rings is 8. The van der Waals surface area contributed by atoms with E-state index in [0.29, 0.717) is 0 Å². The Kier molecular flexibility index (Phi) is 6.16. The predicted molar refractivity (Wildman–Crippen MR) is 212 cm³/mol. The zero-order valence-electron chi connectivity index (χ0n) is 27.4. The molecule has 0 aliphatic heterocycles. The molecule has 232 valence electrons. The fourth-order valence-electron chi connectivity index (χ4n) is 8.27. The van der Waals surface area contributed by atoms with Crippen LogP contribution < -0.4 is 4.90 Å². The minimum Gasteiger partial charge on any atom is -0.308 e. The second-order valence-corrected chi connectivity index (χ2v) is 14.7. The van der Waals surface area contributed by atoms with Gasteiger partial charge in [-0.25, -0.2) is 0 Å². The maximum atomic E-state index is 2.52. The Morgan fingerprint density at radius 1 is 0.449 bits per heavy atom. The van der Waals surface area contributed by atoms with Crippen LogP contribution in [0.3, 0.4) is 0 Å². The van der Waals surface area contributed by atoms with Crippen LogP contribution in [0.5, 0.6) is 0 Å². The lowest BCUT2D eigenvalue weighted by Crippen LogP contribution is -2.16. The molecule has 8 aromatic carbocycles. The molecular weight excluding hydrogens is 611 g/mol. The summed E-state index contributed by atoms with van der Waals surface area (Å²) in [5.41, 5.74) is 11.3. The van der Waals surface area contributed by atoms with Crippen LogP contribution in [-0.2, 0) is 5.41 Å². The predicted octanol–water partition coefficient (Wildman–Crippen LogP) is 13.8. The largest absolute Gasteiger partial charge is 0.308 e. The third-order valence-corrected chi connectivity index (χ3v) is 11.9. The van der Waals surface area contributed by atoms with E-state index < -0.39 is 0 Å². The van der Waals surface area contributed by atoms with E-state index in [9.17, 15) is 0 Å². The summed E-state index contributed by atoms with van der Waals surface area (Å²) in [7, 11) is 0. The Balaban J connectivity index is 1.27. The summed E-state index contributed by atoms with van der Waals surface area (Å²) in [6, 6.07) is 60.4. The molecule has 1 aromatic heterocycles. The fraction of sp³-hybridized carbons (Fsp3) is 0.0638. The van der Waals surface area contributed by atoms with E-state index in [0.717, 1.165) is 5.69 Å². The average Bonchev–Trinajstić information content (AvgIpc) is 3.65. The number of thiophene rings is 1. The number of hydrogen-bond donors (Lipinski definition) is 0. The molecule has 0 unspecified atom stereocenters. The Bertz CT molecular complexity index is 2730. The molecule has 0 bridgehead atoms. The molecule has 1 aliphatic rings. The fourth-order valence-corrected chi connectivity index (χ4v) is 9.64. The Hall–Kier alpha value is -5.70. The van der Waals surface area contributed by atoms with Gasteiger partial charge in [-0.15, -0.1) is 11.3 Å². The molecule has 10 rings (SSSR count). The lowest BCUT2D eigenvalue weighted by Gasteiger charge is -2.29. The van der Waals surface area contributed by atoms with Crippen LogP contribution in [0, 0.1) is 0 Å². The summed E-state index contributed by atoms with van der Waals surface area (Å²) in [4.78, 5) is 2.52. The van der Waals surface area contributed by atoms with Crippen molar-refractivity contribution in [3.05, 3.63) is 175 Å². The van der Waals surface area contributed by atoms with E-state index in [2.05, 4.69) is 183 Å². The number of hydrogen-bond acceptors (Lipinski definition) is 2. The number of fused-ring (bicyclic) bond motifs is 10. The Morgan fingerprint density at radius 2 is 1.08 bits per heavy atom. The molecule has 1 aliphatic carbocycles. The highest BCUT2D eigenvalue weighted by Gasteiger charge is 2.38. The van der Waals surface area contributed by atoms with Gasteiger partial charge in [0, 0.05) is 37.5 Å². The van der Waals surface area contributed by atoms with Gasteiger partial charge in [-0.3, -0.25) is 0 Å². The molecule has 0 N–H and O–H groups in total. The van der Waals surface area contributed by atoms with Crippen molar-refractivity contribution in [2.24, 2.45) is 0 Å². The van der Waals surface area contributed by atoms with Gasteiger partial charge in [-0.2, -0.15) is 0 Å². The van der Waals surface area contributed by atoms with Gasteiger partial charge in [0.2, 0.25) is 0 Å². The summed E-state index contributed by atoms with van der Waals surface area (Å²) in [5.74, 6) is 0. The maximum absolute atomic E-state index is 2.52. The van der Waals surface area contributed by atoms with E-state index in [4.69, 9.17) is 0 Å². The smallest absolute Gasteiger partial charge is 0.0640 e.